The Balaban J connectivity index is 0.000000204. The number of benzene rings is 4. The molecule has 350 valence electrons. The van der Waals surface area contributed by atoms with Gasteiger partial charge in [0.05, 0.1) is 38.3 Å². The lowest BCUT2D eigenvalue weighted by Crippen LogP contribution is -2.30. The van der Waals surface area contributed by atoms with Crippen LogP contribution in [0.5, 0.6) is 11.5 Å². The van der Waals surface area contributed by atoms with Gasteiger partial charge in [0.1, 0.15) is 17.8 Å². The van der Waals surface area contributed by atoms with Gasteiger partial charge in [0.15, 0.2) is 0 Å². The van der Waals surface area contributed by atoms with Crippen LogP contribution in [0.25, 0.3) is 21.5 Å². The number of likely N-dealkylation sites (tertiary alicyclic amines) is 1. The van der Waals surface area contributed by atoms with E-state index in [1.807, 2.05) is 30.3 Å². The molecule has 0 radical (unpaired) electrons. The Bertz CT molecular complexity index is 2110. The Morgan fingerprint density at radius 2 is 1.11 bits per heavy atom. The number of aldehydes is 1. The summed E-state index contributed by atoms with van der Waals surface area (Å²) in [6.45, 7) is 18.4. The van der Waals surface area contributed by atoms with E-state index in [1.54, 1.807) is 0 Å². The van der Waals surface area contributed by atoms with E-state index in [-0.39, 0.29) is 31.2 Å². The fraction of sp³-hybridized carbons (Fsp3) is 0.582. The number of rotatable bonds is 9. The third kappa shape index (κ3) is 14.3. The van der Waals surface area contributed by atoms with Gasteiger partial charge in [-0.1, -0.05) is 85.4 Å². The first-order valence-electron chi connectivity index (χ1n) is 23.6. The smallest absolute Gasteiger partial charge is 0.310 e. The third-order valence-corrected chi connectivity index (χ3v) is 14.1. The molecule has 2 aliphatic heterocycles. The van der Waals surface area contributed by atoms with Crippen molar-refractivity contribution < 1.29 is 33.3 Å². The largest absolute Gasteiger partial charge is 0.490 e. The molecule has 2 saturated heterocycles. The predicted molar refractivity (Wildman–Crippen MR) is 260 cm³/mol. The number of fused-ring (bicyclic) bond motifs is 2. The third-order valence-electron chi connectivity index (χ3n) is 14.1. The number of hydrogen-bond acceptors (Lipinski definition) is 9. The topological polar surface area (TPSA) is 103 Å². The van der Waals surface area contributed by atoms with Crippen molar-refractivity contribution in [1.82, 2.24) is 10.2 Å². The monoisotopic (exact) mass is 879 g/mol. The SMILES string of the molecule is C.CC(C)(C)C1CCC(Oc2ccc3cc(C=O)ccc3c2)CC1.COC(=O)C1CCN(Cc2ccc3cc(OC4CCC(C(C)(C)C)CC4)ccc3c2)C1.COC(=O)C1CCNC1. The summed E-state index contributed by atoms with van der Waals surface area (Å²) in [6, 6.07) is 25.0. The van der Waals surface area contributed by atoms with Gasteiger partial charge in [-0.15, -0.1) is 0 Å². The summed E-state index contributed by atoms with van der Waals surface area (Å²) in [7, 11) is 2.91. The van der Waals surface area contributed by atoms with Crippen LogP contribution < -0.4 is 14.8 Å². The molecule has 4 aromatic rings. The van der Waals surface area contributed by atoms with E-state index in [1.165, 1.54) is 56.2 Å². The van der Waals surface area contributed by atoms with Crippen molar-refractivity contribution in [3.63, 3.8) is 0 Å². The van der Waals surface area contributed by atoms with Crippen LogP contribution in [0, 0.1) is 34.5 Å². The molecule has 0 spiro atoms. The molecule has 0 aromatic heterocycles. The number of carbonyl (C=O) groups excluding carboxylic acids is 3. The number of hydrogen-bond donors (Lipinski definition) is 1. The van der Waals surface area contributed by atoms with Crippen molar-refractivity contribution in [3.8, 4) is 11.5 Å². The second-order valence-electron chi connectivity index (χ2n) is 20.6. The summed E-state index contributed by atoms with van der Waals surface area (Å²) in [5.41, 5.74) is 2.81. The highest BCUT2D eigenvalue weighted by atomic mass is 16.5. The van der Waals surface area contributed by atoms with Crippen molar-refractivity contribution in [2.45, 2.75) is 132 Å². The zero-order valence-electron chi connectivity index (χ0n) is 39.4. The summed E-state index contributed by atoms with van der Waals surface area (Å²) in [5.74, 6) is 3.50. The van der Waals surface area contributed by atoms with E-state index < -0.39 is 0 Å². The Morgan fingerprint density at radius 3 is 1.59 bits per heavy atom. The normalized spacial score (nSPS) is 23.7. The fourth-order valence-electron chi connectivity index (χ4n) is 9.93. The summed E-state index contributed by atoms with van der Waals surface area (Å²) < 4.78 is 22.0. The van der Waals surface area contributed by atoms with Gasteiger partial charge >= 0.3 is 11.9 Å². The second-order valence-corrected chi connectivity index (χ2v) is 20.6. The van der Waals surface area contributed by atoms with E-state index in [9.17, 15) is 14.4 Å². The minimum Gasteiger partial charge on any atom is -0.490 e. The molecule has 0 amide bonds. The van der Waals surface area contributed by atoms with Crippen molar-refractivity contribution in [3.05, 3.63) is 83.9 Å². The van der Waals surface area contributed by atoms with Gasteiger partial charge in [0.2, 0.25) is 0 Å². The number of ether oxygens (including phenoxy) is 4. The predicted octanol–water partition coefficient (Wildman–Crippen LogP) is 11.9. The molecule has 9 nitrogen and oxygen atoms in total. The van der Waals surface area contributed by atoms with Crippen molar-refractivity contribution in [2.75, 3.05) is 40.4 Å². The Kier molecular flexibility index (Phi) is 18.3. The minimum absolute atomic E-state index is 0. The zero-order valence-corrected chi connectivity index (χ0v) is 39.4. The van der Waals surface area contributed by atoms with Gasteiger partial charge in [0.25, 0.3) is 0 Å². The molecule has 4 fully saturated rings. The molecule has 9 heteroatoms. The van der Waals surface area contributed by atoms with Gasteiger partial charge in [-0.05, 0) is 163 Å². The van der Waals surface area contributed by atoms with Crippen LogP contribution >= 0.6 is 0 Å². The first-order chi connectivity index (χ1) is 30.1. The van der Waals surface area contributed by atoms with Crippen LogP contribution in [0.15, 0.2) is 72.8 Å². The quantitative estimate of drug-likeness (QED) is 0.130. The standard InChI is InChI=1S/C27H37NO3.C21H26O2.C6H11NO2.CH4/c1-27(2,3)23-8-11-24(12-9-23)31-25-10-7-20-15-19(5-6-21(20)16-25)17-28-14-13-22(18-28)26(29)30-4;1-21(2,3)18-7-10-19(11-8-18)23-20-9-6-16-12-15(14-22)4-5-17(16)13-20;1-9-6(8)5-2-3-7-4-5;/h5-7,10,15-16,22-24H,8-9,11-14,17-18H2,1-4H3;4-6,9,12-14,18-19H,7-8,10-11H2,1-3H3;5,7H,2-4H2,1H3;1H4. The molecule has 1 N–H and O–H groups in total. The number of methoxy groups -OCH3 is 2. The number of carbonyl (C=O) groups is 3. The highest BCUT2D eigenvalue weighted by Gasteiger charge is 2.32. The van der Waals surface area contributed by atoms with Crippen LogP contribution in [0.2, 0.25) is 0 Å². The average molecular weight is 879 g/mol. The van der Waals surface area contributed by atoms with E-state index in [2.05, 4.69) is 99.0 Å². The van der Waals surface area contributed by atoms with E-state index in [0.29, 0.717) is 28.6 Å². The first-order valence-corrected chi connectivity index (χ1v) is 23.6. The van der Waals surface area contributed by atoms with Crippen LogP contribution in [-0.4, -0.2) is 75.7 Å². The summed E-state index contributed by atoms with van der Waals surface area (Å²) in [5, 5.41) is 7.75. The lowest BCUT2D eigenvalue weighted by atomic mass is 9.72. The first kappa shape index (κ1) is 50.5. The van der Waals surface area contributed by atoms with Crippen LogP contribution in [0.3, 0.4) is 0 Å². The van der Waals surface area contributed by atoms with Gasteiger partial charge in [-0.25, -0.2) is 0 Å². The van der Waals surface area contributed by atoms with E-state index >= 15 is 0 Å². The maximum atomic E-state index is 11.8. The molecule has 2 aliphatic carbocycles. The van der Waals surface area contributed by atoms with E-state index in [0.717, 1.165) is 112 Å². The molecule has 4 aliphatic rings. The maximum Gasteiger partial charge on any atom is 0.310 e. The van der Waals surface area contributed by atoms with Crippen molar-refractivity contribution in [1.29, 1.82) is 0 Å². The number of esters is 2. The van der Waals surface area contributed by atoms with Gasteiger partial charge in [0, 0.05) is 25.2 Å². The number of nitrogens with zero attached hydrogens (tertiary/aromatic N) is 1. The second kappa shape index (κ2) is 23.1. The molecule has 4 aromatic carbocycles. The van der Waals surface area contributed by atoms with Crippen molar-refractivity contribution in [2.24, 2.45) is 34.5 Å². The fourth-order valence-corrected chi connectivity index (χ4v) is 9.93. The van der Waals surface area contributed by atoms with Crippen LogP contribution in [-0.2, 0) is 25.6 Å². The van der Waals surface area contributed by atoms with Gasteiger partial charge < -0.3 is 24.3 Å². The van der Waals surface area contributed by atoms with Crippen molar-refractivity contribution >= 4 is 39.8 Å². The number of nitrogens with one attached hydrogen (secondary N) is 1. The molecule has 2 unspecified atom stereocenters. The van der Waals surface area contributed by atoms with Crippen LogP contribution in [0.4, 0.5) is 0 Å². The van der Waals surface area contributed by atoms with E-state index in [4.69, 9.17) is 14.2 Å². The Hall–Kier alpha value is -4.47. The van der Waals surface area contributed by atoms with Gasteiger partial charge in [-0.3, -0.25) is 19.3 Å². The highest BCUT2D eigenvalue weighted by molar-refractivity contribution is 5.89. The zero-order chi connectivity index (χ0) is 45.1. The summed E-state index contributed by atoms with van der Waals surface area (Å²) in [4.78, 5) is 35.7. The molecule has 8 rings (SSSR count). The molecule has 2 atom stereocenters. The Labute approximate surface area is 384 Å². The summed E-state index contributed by atoms with van der Waals surface area (Å²) >= 11 is 0. The lowest BCUT2D eigenvalue weighted by Gasteiger charge is -2.37. The molecule has 64 heavy (non-hydrogen) atoms. The molecular formula is C55H78N2O7. The molecule has 2 heterocycles. The highest BCUT2D eigenvalue weighted by Crippen LogP contribution is 2.40. The molecular weight excluding hydrogens is 801 g/mol. The Morgan fingerprint density at radius 1 is 0.625 bits per heavy atom. The summed E-state index contributed by atoms with van der Waals surface area (Å²) in [6.07, 6.45) is 13.0. The van der Waals surface area contributed by atoms with Crippen LogP contribution in [0.1, 0.15) is 129 Å². The van der Waals surface area contributed by atoms with Gasteiger partial charge in [-0.2, -0.15) is 0 Å². The average Bonchev–Trinajstić information content (AvgIpc) is 4.00. The molecule has 0 bridgehead atoms. The maximum absolute atomic E-state index is 11.8. The minimum atomic E-state index is -0.0833. The molecule has 2 saturated carbocycles. The lowest BCUT2D eigenvalue weighted by molar-refractivity contribution is -0.145.